The van der Waals surface area contributed by atoms with Crippen molar-refractivity contribution in [2.75, 3.05) is 6.26 Å². The van der Waals surface area contributed by atoms with E-state index in [0.717, 1.165) is 5.56 Å². The van der Waals surface area contributed by atoms with E-state index in [1.807, 2.05) is 48.5 Å². The van der Waals surface area contributed by atoms with Gasteiger partial charge in [-0.15, -0.1) is 0 Å². The van der Waals surface area contributed by atoms with Crippen LogP contribution in [-0.2, 0) is 10.1 Å². The maximum absolute atomic E-state index is 11.9. The van der Waals surface area contributed by atoms with Crippen molar-refractivity contribution in [1.29, 1.82) is 0 Å². The summed E-state index contributed by atoms with van der Waals surface area (Å²) >= 11 is 0. The Balaban J connectivity index is 0.000000309. The first-order valence-corrected chi connectivity index (χ1v) is 8.20. The molecule has 0 atom stereocenters. The third kappa shape index (κ3) is 4.54. The Bertz CT molecular complexity index is 919. The SMILES string of the molecule is CS(=O)(=O)O.O=c1cc(-c2ccccc2)oc2ccccc12. The second kappa shape index (κ2) is 6.55. The molecule has 0 spiro atoms. The molecule has 0 amide bonds. The third-order valence-corrected chi connectivity index (χ3v) is 2.69. The molecule has 0 saturated heterocycles. The van der Waals surface area contributed by atoms with Crippen molar-refractivity contribution in [2.45, 2.75) is 0 Å². The first-order valence-electron chi connectivity index (χ1n) is 6.35. The summed E-state index contributed by atoms with van der Waals surface area (Å²) in [5.74, 6) is 0.606. The fourth-order valence-electron chi connectivity index (χ4n) is 1.85. The molecule has 0 aliphatic heterocycles. The number of para-hydroxylation sites is 1. The minimum atomic E-state index is -3.67. The molecule has 6 heteroatoms. The molecular formula is C16H14O5S. The minimum Gasteiger partial charge on any atom is -0.456 e. The molecule has 3 aromatic rings. The van der Waals surface area contributed by atoms with E-state index in [1.165, 1.54) is 6.07 Å². The van der Waals surface area contributed by atoms with Crippen LogP contribution in [0.25, 0.3) is 22.3 Å². The number of rotatable bonds is 1. The Kier molecular flexibility index (Phi) is 4.75. The largest absolute Gasteiger partial charge is 0.456 e. The second-order valence-electron chi connectivity index (χ2n) is 4.57. The molecule has 1 N–H and O–H groups in total. The van der Waals surface area contributed by atoms with E-state index in [1.54, 1.807) is 6.07 Å². The highest BCUT2D eigenvalue weighted by molar-refractivity contribution is 7.85. The van der Waals surface area contributed by atoms with Crippen LogP contribution in [-0.4, -0.2) is 19.2 Å². The van der Waals surface area contributed by atoms with Crippen molar-refractivity contribution in [3.8, 4) is 11.3 Å². The standard InChI is InChI=1S/C15H10O2.CH4O3S/c16-13-10-15(11-6-2-1-3-7-11)17-14-9-5-4-8-12(13)14;1-5(2,3)4/h1-10H;1H3,(H,2,3,4). The molecule has 0 bridgehead atoms. The smallest absolute Gasteiger partial charge is 0.261 e. The van der Waals surface area contributed by atoms with E-state index in [-0.39, 0.29) is 5.43 Å². The van der Waals surface area contributed by atoms with E-state index in [9.17, 15) is 13.2 Å². The summed E-state index contributed by atoms with van der Waals surface area (Å²) in [6, 6.07) is 18.4. The Morgan fingerprint density at radius 3 is 2.14 bits per heavy atom. The maximum atomic E-state index is 11.9. The lowest BCUT2D eigenvalue weighted by Crippen LogP contribution is -1.99. The maximum Gasteiger partial charge on any atom is 0.261 e. The average Bonchev–Trinajstić information content (AvgIpc) is 2.46. The van der Waals surface area contributed by atoms with Gasteiger partial charge >= 0.3 is 0 Å². The first kappa shape index (κ1) is 15.9. The lowest BCUT2D eigenvalue weighted by Gasteiger charge is -2.02. The fourth-order valence-corrected chi connectivity index (χ4v) is 1.85. The van der Waals surface area contributed by atoms with Gasteiger partial charge < -0.3 is 4.42 Å². The van der Waals surface area contributed by atoms with Crippen LogP contribution in [0.15, 0.2) is 69.9 Å². The Hall–Kier alpha value is -2.44. The van der Waals surface area contributed by atoms with Gasteiger partial charge in [0.25, 0.3) is 10.1 Å². The van der Waals surface area contributed by atoms with Gasteiger partial charge in [0.15, 0.2) is 5.43 Å². The van der Waals surface area contributed by atoms with Crippen molar-refractivity contribution in [3.05, 3.63) is 70.9 Å². The fraction of sp³-hybridized carbons (Fsp3) is 0.0625. The molecule has 0 fully saturated rings. The van der Waals surface area contributed by atoms with Crippen LogP contribution in [0.3, 0.4) is 0 Å². The topological polar surface area (TPSA) is 84.6 Å². The van der Waals surface area contributed by atoms with E-state index >= 15 is 0 Å². The Labute approximate surface area is 127 Å². The second-order valence-corrected chi connectivity index (χ2v) is 6.04. The molecule has 22 heavy (non-hydrogen) atoms. The third-order valence-electron chi connectivity index (χ3n) is 2.69. The van der Waals surface area contributed by atoms with E-state index in [2.05, 4.69) is 0 Å². The molecule has 5 nitrogen and oxygen atoms in total. The van der Waals surface area contributed by atoms with E-state index in [4.69, 9.17) is 8.97 Å². The summed E-state index contributed by atoms with van der Waals surface area (Å²) in [6.07, 6.45) is 0.715. The summed E-state index contributed by atoms with van der Waals surface area (Å²) in [6.45, 7) is 0. The van der Waals surface area contributed by atoms with Crippen molar-refractivity contribution >= 4 is 21.1 Å². The predicted octanol–water partition coefficient (Wildman–Crippen LogP) is 2.96. The van der Waals surface area contributed by atoms with Crippen molar-refractivity contribution in [2.24, 2.45) is 0 Å². The summed E-state index contributed by atoms with van der Waals surface area (Å²) in [5.41, 5.74) is 1.53. The molecule has 0 aliphatic rings. The van der Waals surface area contributed by atoms with E-state index in [0.29, 0.717) is 23.0 Å². The van der Waals surface area contributed by atoms with Gasteiger partial charge in [0.05, 0.1) is 11.6 Å². The summed E-state index contributed by atoms with van der Waals surface area (Å²) in [4.78, 5) is 11.9. The van der Waals surface area contributed by atoms with Crippen molar-refractivity contribution in [1.82, 2.24) is 0 Å². The average molecular weight is 318 g/mol. The highest BCUT2D eigenvalue weighted by Crippen LogP contribution is 2.21. The minimum absolute atomic E-state index is 0.00861. The molecule has 2 aromatic carbocycles. The molecule has 114 valence electrons. The monoisotopic (exact) mass is 318 g/mol. The molecule has 0 aliphatic carbocycles. The van der Waals surface area contributed by atoms with Gasteiger partial charge in [0.2, 0.25) is 0 Å². The van der Waals surface area contributed by atoms with Crippen LogP contribution in [0.1, 0.15) is 0 Å². The highest BCUT2D eigenvalue weighted by atomic mass is 32.2. The van der Waals surface area contributed by atoms with Gasteiger partial charge in [0, 0.05) is 11.6 Å². The molecule has 0 saturated carbocycles. The zero-order chi connectivity index (χ0) is 16.2. The number of fused-ring (bicyclic) bond motifs is 1. The highest BCUT2D eigenvalue weighted by Gasteiger charge is 2.05. The van der Waals surface area contributed by atoms with Gasteiger partial charge in [-0.1, -0.05) is 42.5 Å². The Morgan fingerprint density at radius 1 is 0.955 bits per heavy atom. The molecule has 1 heterocycles. The number of hydrogen-bond acceptors (Lipinski definition) is 4. The van der Waals surface area contributed by atoms with Crippen LogP contribution in [0.4, 0.5) is 0 Å². The number of benzene rings is 2. The predicted molar refractivity (Wildman–Crippen MR) is 85.4 cm³/mol. The number of hydrogen-bond donors (Lipinski definition) is 1. The summed E-state index contributed by atoms with van der Waals surface area (Å²) in [5, 5.41) is 0.618. The summed E-state index contributed by atoms with van der Waals surface area (Å²) < 4.78 is 31.6. The molecule has 1 aromatic heterocycles. The zero-order valence-electron chi connectivity index (χ0n) is 11.8. The van der Waals surface area contributed by atoms with Crippen LogP contribution in [0.5, 0.6) is 0 Å². The van der Waals surface area contributed by atoms with E-state index < -0.39 is 10.1 Å². The Morgan fingerprint density at radius 2 is 1.50 bits per heavy atom. The molecule has 0 unspecified atom stereocenters. The zero-order valence-corrected chi connectivity index (χ0v) is 12.6. The van der Waals surface area contributed by atoms with Crippen LogP contribution >= 0.6 is 0 Å². The van der Waals surface area contributed by atoms with Crippen LogP contribution in [0.2, 0.25) is 0 Å². The molecular weight excluding hydrogens is 304 g/mol. The summed E-state index contributed by atoms with van der Waals surface area (Å²) in [7, 11) is -3.67. The van der Waals surface area contributed by atoms with Gasteiger partial charge in [-0.25, -0.2) is 0 Å². The molecule has 3 rings (SSSR count). The lowest BCUT2D eigenvalue weighted by atomic mass is 10.1. The van der Waals surface area contributed by atoms with Gasteiger partial charge in [0.1, 0.15) is 11.3 Å². The first-order chi connectivity index (χ1) is 10.3. The van der Waals surface area contributed by atoms with Gasteiger partial charge in [-0.3, -0.25) is 9.35 Å². The van der Waals surface area contributed by atoms with Crippen molar-refractivity contribution in [3.63, 3.8) is 0 Å². The van der Waals surface area contributed by atoms with Gasteiger partial charge in [-0.05, 0) is 12.1 Å². The van der Waals surface area contributed by atoms with Crippen LogP contribution in [0, 0.1) is 0 Å². The quantitative estimate of drug-likeness (QED) is 0.697. The normalized spacial score (nSPS) is 10.8. The van der Waals surface area contributed by atoms with Crippen molar-refractivity contribution < 1.29 is 17.4 Å². The van der Waals surface area contributed by atoms with Crippen LogP contribution < -0.4 is 5.43 Å². The molecule has 0 radical (unpaired) electrons. The van der Waals surface area contributed by atoms with Gasteiger partial charge in [-0.2, -0.15) is 8.42 Å². The lowest BCUT2D eigenvalue weighted by molar-refractivity contribution is 0.490.